The van der Waals surface area contributed by atoms with Crippen molar-refractivity contribution in [3.05, 3.63) is 53.5 Å². The lowest BCUT2D eigenvalue weighted by molar-refractivity contribution is 0.503. The number of hydrogen-bond acceptors (Lipinski definition) is 2. The lowest BCUT2D eigenvalue weighted by Crippen LogP contribution is -2.42. The Kier molecular flexibility index (Phi) is 3.74. The van der Waals surface area contributed by atoms with Gasteiger partial charge in [0.15, 0.2) is 5.11 Å². The lowest BCUT2D eigenvalue weighted by atomic mass is 10.00. The highest BCUT2D eigenvalue weighted by atomic mass is 32.1. The second-order valence-electron chi connectivity index (χ2n) is 5.13. The Morgan fingerprint density at radius 2 is 2.30 bits per heavy atom. The van der Waals surface area contributed by atoms with Gasteiger partial charge in [0.2, 0.25) is 0 Å². The summed E-state index contributed by atoms with van der Waals surface area (Å²) in [6.45, 7) is 3.73. The summed E-state index contributed by atoms with van der Waals surface area (Å²) < 4.78 is 5.32. The number of benzene rings is 1. The molecule has 0 spiro atoms. The molecule has 0 unspecified atom stereocenters. The van der Waals surface area contributed by atoms with E-state index < -0.39 is 0 Å². The zero-order valence-corrected chi connectivity index (χ0v) is 12.4. The van der Waals surface area contributed by atoms with Crippen LogP contribution in [-0.4, -0.2) is 11.7 Å². The van der Waals surface area contributed by atoms with Crippen molar-refractivity contribution in [2.45, 2.75) is 26.3 Å². The van der Waals surface area contributed by atoms with Crippen LogP contribution in [0.5, 0.6) is 0 Å². The molecule has 20 heavy (non-hydrogen) atoms. The Morgan fingerprint density at radius 1 is 1.40 bits per heavy atom. The summed E-state index contributed by atoms with van der Waals surface area (Å²) in [5.41, 5.74) is 3.93. The van der Waals surface area contributed by atoms with Gasteiger partial charge >= 0.3 is 0 Å². The Balaban J connectivity index is 1.73. The molecule has 0 aliphatic carbocycles. The van der Waals surface area contributed by atoms with Crippen molar-refractivity contribution in [1.29, 1.82) is 0 Å². The quantitative estimate of drug-likeness (QED) is 0.856. The normalized spacial score (nSPS) is 13.9. The Morgan fingerprint density at radius 3 is 3.10 bits per heavy atom. The van der Waals surface area contributed by atoms with E-state index in [2.05, 4.69) is 35.3 Å². The van der Waals surface area contributed by atoms with Gasteiger partial charge in [0.05, 0.1) is 12.8 Å². The number of fused-ring (bicyclic) bond motifs is 1. The van der Waals surface area contributed by atoms with Crippen LogP contribution >= 0.6 is 12.2 Å². The lowest BCUT2D eigenvalue weighted by Gasteiger charge is -2.31. The minimum Gasteiger partial charge on any atom is -0.467 e. The van der Waals surface area contributed by atoms with Crippen molar-refractivity contribution in [2.24, 2.45) is 0 Å². The van der Waals surface area contributed by atoms with Crippen LogP contribution in [0.3, 0.4) is 0 Å². The summed E-state index contributed by atoms with van der Waals surface area (Å²) in [4.78, 5) is 2.19. The van der Waals surface area contributed by atoms with Crippen LogP contribution in [0.15, 0.2) is 41.0 Å². The second kappa shape index (κ2) is 5.67. The molecule has 1 N–H and O–H groups in total. The van der Waals surface area contributed by atoms with Crippen LogP contribution < -0.4 is 10.2 Å². The van der Waals surface area contributed by atoms with Crippen LogP contribution in [0.25, 0.3) is 0 Å². The molecule has 2 heterocycles. The molecule has 3 nitrogen and oxygen atoms in total. The van der Waals surface area contributed by atoms with Crippen LogP contribution in [0.1, 0.15) is 23.3 Å². The molecule has 0 saturated carbocycles. The standard InChI is InChI=1S/C16H18N2OS/c1-12-6-7-15-13(10-12)4-2-8-18(15)16(20)17-11-14-5-3-9-19-14/h3,5-7,9-10H,2,4,8,11H2,1H3,(H,17,20). The van der Waals surface area contributed by atoms with Gasteiger partial charge in [0.1, 0.15) is 5.76 Å². The summed E-state index contributed by atoms with van der Waals surface area (Å²) in [5.74, 6) is 0.897. The number of anilines is 1. The van der Waals surface area contributed by atoms with Crippen molar-refractivity contribution in [2.75, 3.05) is 11.4 Å². The maximum Gasteiger partial charge on any atom is 0.173 e. The SMILES string of the molecule is Cc1ccc2c(c1)CCCN2C(=S)NCc1ccco1. The van der Waals surface area contributed by atoms with Gasteiger partial charge in [-0.2, -0.15) is 0 Å². The molecule has 1 aliphatic rings. The highest BCUT2D eigenvalue weighted by molar-refractivity contribution is 7.80. The van der Waals surface area contributed by atoms with Crippen molar-refractivity contribution >= 4 is 23.0 Å². The molecular weight excluding hydrogens is 268 g/mol. The van der Waals surface area contributed by atoms with E-state index in [4.69, 9.17) is 16.6 Å². The molecule has 0 bridgehead atoms. The van der Waals surface area contributed by atoms with E-state index >= 15 is 0 Å². The molecule has 0 atom stereocenters. The van der Waals surface area contributed by atoms with Crippen molar-refractivity contribution in [3.63, 3.8) is 0 Å². The highest BCUT2D eigenvalue weighted by Gasteiger charge is 2.19. The monoisotopic (exact) mass is 286 g/mol. The van der Waals surface area contributed by atoms with E-state index in [1.807, 2.05) is 12.1 Å². The average molecular weight is 286 g/mol. The molecule has 2 aromatic rings. The minimum absolute atomic E-state index is 0.629. The molecule has 1 aromatic heterocycles. The molecule has 0 fully saturated rings. The molecule has 1 aromatic carbocycles. The fourth-order valence-corrected chi connectivity index (χ4v) is 2.87. The first-order valence-electron chi connectivity index (χ1n) is 6.91. The molecule has 1 aliphatic heterocycles. The van der Waals surface area contributed by atoms with Crippen LogP contribution in [0.2, 0.25) is 0 Å². The number of furan rings is 1. The minimum atomic E-state index is 0.629. The van der Waals surface area contributed by atoms with E-state index in [0.717, 1.165) is 30.3 Å². The van der Waals surface area contributed by atoms with Gasteiger partial charge in [-0.1, -0.05) is 17.7 Å². The summed E-state index contributed by atoms with van der Waals surface area (Å²) in [6, 6.07) is 10.4. The third-order valence-electron chi connectivity index (χ3n) is 3.59. The van der Waals surface area contributed by atoms with E-state index in [9.17, 15) is 0 Å². The zero-order chi connectivity index (χ0) is 13.9. The average Bonchev–Trinajstić information content (AvgIpc) is 2.97. The van der Waals surface area contributed by atoms with Crippen LogP contribution in [0, 0.1) is 6.92 Å². The van der Waals surface area contributed by atoms with Gasteiger partial charge in [0, 0.05) is 12.2 Å². The maximum atomic E-state index is 5.53. The van der Waals surface area contributed by atoms with E-state index in [-0.39, 0.29) is 0 Å². The number of aryl methyl sites for hydroxylation is 2. The predicted octanol–water partition coefficient (Wildman–Crippen LogP) is 3.42. The largest absolute Gasteiger partial charge is 0.467 e. The Bertz CT molecular complexity index is 607. The molecule has 4 heteroatoms. The van der Waals surface area contributed by atoms with Crippen molar-refractivity contribution in [1.82, 2.24) is 5.32 Å². The third kappa shape index (κ3) is 2.70. The van der Waals surface area contributed by atoms with E-state index in [1.54, 1.807) is 6.26 Å². The smallest absolute Gasteiger partial charge is 0.173 e. The van der Waals surface area contributed by atoms with Gasteiger partial charge < -0.3 is 14.6 Å². The number of nitrogens with zero attached hydrogens (tertiary/aromatic N) is 1. The fourth-order valence-electron chi connectivity index (χ4n) is 2.61. The fraction of sp³-hybridized carbons (Fsp3) is 0.312. The number of rotatable bonds is 2. The molecule has 0 radical (unpaired) electrons. The predicted molar refractivity (Wildman–Crippen MR) is 85.0 cm³/mol. The van der Waals surface area contributed by atoms with Crippen molar-refractivity contribution < 1.29 is 4.42 Å². The molecule has 0 saturated heterocycles. The summed E-state index contributed by atoms with van der Waals surface area (Å²) >= 11 is 5.53. The van der Waals surface area contributed by atoms with Gasteiger partial charge in [0.25, 0.3) is 0 Å². The third-order valence-corrected chi connectivity index (χ3v) is 3.96. The highest BCUT2D eigenvalue weighted by Crippen LogP contribution is 2.28. The topological polar surface area (TPSA) is 28.4 Å². The zero-order valence-electron chi connectivity index (χ0n) is 11.6. The molecule has 3 rings (SSSR count). The number of nitrogens with one attached hydrogen (secondary N) is 1. The van der Waals surface area contributed by atoms with E-state index in [0.29, 0.717) is 6.54 Å². The Hall–Kier alpha value is -1.81. The first-order valence-corrected chi connectivity index (χ1v) is 7.32. The van der Waals surface area contributed by atoms with E-state index in [1.165, 1.54) is 16.8 Å². The van der Waals surface area contributed by atoms with Crippen LogP contribution in [0.4, 0.5) is 5.69 Å². The Labute approximate surface area is 124 Å². The van der Waals surface area contributed by atoms with Gasteiger partial charge in [-0.05, 0) is 55.7 Å². The molecular formula is C16H18N2OS. The van der Waals surface area contributed by atoms with Gasteiger partial charge in [-0.25, -0.2) is 0 Å². The van der Waals surface area contributed by atoms with Gasteiger partial charge in [-0.15, -0.1) is 0 Å². The number of hydrogen-bond donors (Lipinski definition) is 1. The van der Waals surface area contributed by atoms with Crippen LogP contribution in [-0.2, 0) is 13.0 Å². The summed E-state index contributed by atoms with van der Waals surface area (Å²) in [6.07, 6.45) is 3.95. The second-order valence-corrected chi connectivity index (χ2v) is 5.51. The van der Waals surface area contributed by atoms with Crippen molar-refractivity contribution in [3.8, 4) is 0 Å². The first-order chi connectivity index (χ1) is 9.74. The number of thiocarbonyl (C=S) groups is 1. The van der Waals surface area contributed by atoms with Gasteiger partial charge in [-0.3, -0.25) is 0 Å². The summed E-state index contributed by atoms with van der Waals surface area (Å²) in [7, 11) is 0. The molecule has 104 valence electrons. The molecule has 0 amide bonds. The first kappa shape index (κ1) is 13.2. The maximum absolute atomic E-state index is 5.53. The summed E-state index contributed by atoms with van der Waals surface area (Å²) in [5, 5.41) is 4.04.